The van der Waals surface area contributed by atoms with Crippen LogP contribution in [0.4, 0.5) is 5.69 Å². The van der Waals surface area contributed by atoms with Crippen LogP contribution in [0.3, 0.4) is 0 Å². The van der Waals surface area contributed by atoms with Crippen molar-refractivity contribution in [3.8, 4) is 0 Å². The van der Waals surface area contributed by atoms with E-state index in [1.807, 2.05) is 57.4 Å². The molecule has 0 unspecified atom stereocenters. The van der Waals surface area contributed by atoms with Crippen LogP contribution in [0.2, 0.25) is 0 Å². The minimum atomic E-state index is -3.55. The summed E-state index contributed by atoms with van der Waals surface area (Å²) in [6, 6.07) is 10.9. The summed E-state index contributed by atoms with van der Waals surface area (Å²) in [5, 5.41) is 2.94. The molecule has 8 heteroatoms. The molecular weight excluding hydrogens is 424 g/mol. The maximum atomic E-state index is 12.9. The molecule has 0 fully saturated rings. The molecule has 1 aromatic heterocycles. The topological polar surface area (TPSA) is 84.3 Å². The lowest BCUT2D eigenvalue weighted by molar-refractivity contribution is -0.116. The molecule has 0 saturated heterocycles. The number of rotatable bonds is 9. The molecule has 2 aromatic carbocycles. The van der Waals surface area contributed by atoms with Crippen molar-refractivity contribution in [1.82, 2.24) is 13.9 Å². The Bertz CT molecular complexity index is 1230. The monoisotopic (exact) mass is 456 g/mol. The van der Waals surface area contributed by atoms with Gasteiger partial charge in [-0.3, -0.25) is 4.79 Å². The van der Waals surface area contributed by atoms with Gasteiger partial charge in [0.2, 0.25) is 15.9 Å². The van der Waals surface area contributed by atoms with Gasteiger partial charge in [0.1, 0.15) is 5.82 Å². The number of hydrogen-bond donors (Lipinski definition) is 1. The zero-order chi connectivity index (χ0) is 23.5. The van der Waals surface area contributed by atoms with Crippen molar-refractivity contribution in [1.29, 1.82) is 0 Å². The third kappa shape index (κ3) is 4.86. The molecule has 1 amide bonds. The van der Waals surface area contributed by atoms with Gasteiger partial charge in [-0.1, -0.05) is 19.9 Å². The van der Waals surface area contributed by atoms with E-state index in [-0.39, 0.29) is 10.8 Å². The highest BCUT2D eigenvalue weighted by Crippen LogP contribution is 2.24. The SMILES string of the molecule is CCN(CC)S(=O)(=O)c1ccc2c(c1)nc(CCC(=O)Nc1ccc(C)c(C)c1)n2CC. The lowest BCUT2D eigenvalue weighted by Crippen LogP contribution is -2.30. The Labute approximate surface area is 190 Å². The molecule has 32 heavy (non-hydrogen) atoms. The van der Waals surface area contributed by atoms with Crippen molar-refractivity contribution in [2.45, 2.75) is 58.9 Å². The number of imidazole rings is 1. The minimum Gasteiger partial charge on any atom is -0.328 e. The number of aromatic nitrogens is 2. The molecule has 0 aliphatic rings. The van der Waals surface area contributed by atoms with Gasteiger partial charge in [-0.15, -0.1) is 0 Å². The highest BCUT2D eigenvalue weighted by molar-refractivity contribution is 7.89. The van der Waals surface area contributed by atoms with Crippen molar-refractivity contribution in [3.05, 3.63) is 53.3 Å². The second kappa shape index (κ2) is 9.83. The maximum Gasteiger partial charge on any atom is 0.243 e. The molecule has 7 nitrogen and oxygen atoms in total. The standard InChI is InChI=1S/C24H32N4O3S/c1-6-27(7-2)32(30,31)20-11-12-22-21(16-20)26-23(28(22)8-3)13-14-24(29)25-19-10-9-17(4)18(5)15-19/h9-12,15-16H,6-8,13-14H2,1-5H3,(H,25,29). The van der Waals surface area contributed by atoms with Crippen molar-refractivity contribution < 1.29 is 13.2 Å². The molecule has 0 spiro atoms. The highest BCUT2D eigenvalue weighted by Gasteiger charge is 2.23. The number of benzene rings is 2. The number of carbonyl (C=O) groups excluding carboxylic acids is 1. The first-order valence-electron chi connectivity index (χ1n) is 11.1. The van der Waals surface area contributed by atoms with E-state index in [9.17, 15) is 13.2 Å². The summed E-state index contributed by atoms with van der Waals surface area (Å²) in [4.78, 5) is 17.4. The van der Waals surface area contributed by atoms with Gasteiger partial charge >= 0.3 is 0 Å². The average Bonchev–Trinajstić information content (AvgIpc) is 3.12. The van der Waals surface area contributed by atoms with Crippen LogP contribution in [0.1, 0.15) is 44.1 Å². The Morgan fingerprint density at radius 1 is 1.03 bits per heavy atom. The molecular formula is C24H32N4O3S. The number of carbonyl (C=O) groups is 1. The van der Waals surface area contributed by atoms with Crippen LogP contribution in [-0.4, -0.2) is 41.3 Å². The fourth-order valence-electron chi connectivity index (χ4n) is 3.84. The summed E-state index contributed by atoms with van der Waals surface area (Å²) >= 11 is 0. The Kier molecular flexibility index (Phi) is 7.36. The third-order valence-corrected chi connectivity index (χ3v) is 7.87. The quantitative estimate of drug-likeness (QED) is 0.521. The largest absolute Gasteiger partial charge is 0.328 e. The predicted octanol–water partition coefficient (Wildman–Crippen LogP) is 4.27. The summed E-state index contributed by atoms with van der Waals surface area (Å²) in [6.45, 7) is 11.2. The zero-order valence-corrected chi connectivity index (χ0v) is 20.3. The van der Waals surface area contributed by atoms with E-state index < -0.39 is 10.0 Å². The first kappa shape index (κ1) is 23.9. The number of sulfonamides is 1. The molecule has 0 aliphatic carbocycles. The van der Waals surface area contributed by atoms with E-state index in [4.69, 9.17) is 0 Å². The van der Waals surface area contributed by atoms with E-state index in [1.54, 1.807) is 18.2 Å². The van der Waals surface area contributed by atoms with Gasteiger partial charge in [-0.2, -0.15) is 4.31 Å². The number of amides is 1. The molecule has 0 bridgehead atoms. The van der Waals surface area contributed by atoms with E-state index in [1.165, 1.54) is 9.87 Å². The molecule has 0 atom stereocenters. The second-order valence-corrected chi connectivity index (χ2v) is 9.80. The second-order valence-electron chi connectivity index (χ2n) is 7.86. The van der Waals surface area contributed by atoms with E-state index in [0.717, 1.165) is 22.6 Å². The van der Waals surface area contributed by atoms with Crippen LogP contribution in [-0.2, 0) is 27.8 Å². The molecule has 0 radical (unpaired) electrons. The summed E-state index contributed by atoms with van der Waals surface area (Å²) in [6.07, 6.45) is 0.762. The van der Waals surface area contributed by atoms with Crippen LogP contribution in [0.25, 0.3) is 11.0 Å². The fourth-order valence-corrected chi connectivity index (χ4v) is 5.32. The normalized spacial score (nSPS) is 11.9. The van der Waals surface area contributed by atoms with Crippen molar-refractivity contribution in [2.75, 3.05) is 18.4 Å². The fraction of sp³-hybridized carbons (Fsp3) is 0.417. The van der Waals surface area contributed by atoms with Gasteiger partial charge < -0.3 is 9.88 Å². The minimum absolute atomic E-state index is 0.0761. The summed E-state index contributed by atoms with van der Waals surface area (Å²) in [5.74, 6) is 0.697. The molecule has 172 valence electrons. The Balaban J connectivity index is 1.80. The Hall–Kier alpha value is -2.71. The molecule has 3 rings (SSSR count). The molecule has 1 heterocycles. The van der Waals surface area contributed by atoms with Crippen LogP contribution >= 0.6 is 0 Å². The Morgan fingerprint density at radius 3 is 2.38 bits per heavy atom. The molecule has 0 aliphatic heterocycles. The number of aryl methyl sites for hydroxylation is 4. The number of nitrogens with zero attached hydrogens (tertiary/aromatic N) is 3. The molecule has 3 aromatic rings. The lowest BCUT2D eigenvalue weighted by Gasteiger charge is -2.18. The first-order valence-corrected chi connectivity index (χ1v) is 12.5. The van der Waals surface area contributed by atoms with E-state index in [2.05, 4.69) is 10.3 Å². The number of anilines is 1. The number of fused-ring (bicyclic) bond motifs is 1. The summed E-state index contributed by atoms with van der Waals surface area (Å²) in [7, 11) is -3.55. The maximum absolute atomic E-state index is 12.9. The van der Waals surface area contributed by atoms with E-state index >= 15 is 0 Å². The van der Waals surface area contributed by atoms with Crippen LogP contribution in [0, 0.1) is 13.8 Å². The average molecular weight is 457 g/mol. The summed E-state index contributed by atoms with van der Waals surface area (Å²) < 4.78 is 29.2. The third-order valence-electron chi connectivity index (χ3n) is 5.82. The zero-order valence-electron chi connectivity index (χ0n) is 19.5. The van der Waals surface area contributed by atoms with Gasteiger partial charge in [0, 0.05) is 38.2 Å². The van der Waals surface area contributed by atoms with Crippen LogP contribution in [0.15, 0.2) is 41.3 Å². The summed E-state index contributed by atoms with van der Waals surface area (Å²) in [5.41, 5.74) is 4.60. The van der Waals surface area contributed by atoms with Crippen molar-refractivity contribution >= 4 is 32.7 Å². The van der Waals surface area contributed by atoms with Crippen LogP contribution < -0.4 is 5.32 Å². The Morgan fingerprint density at radius 2 is 1.75 bits per heavy atom. The number of nitrogens with one attached hydrogen (secondary N) is 1. The number of hydrogen-bond acceptors (Lipinski definition) is 4. The van der Waals surface area contributed by atoms with Crippen molar-refractivity contribution in [2.24, 2.45) is 0 Å². The van der Waals surface area contributed by atoms with Gasteiger partial charge in [-0.05, 0) is 62.2 Å². The smallest absolute Gasteiger partial charge is 0.243 e. The van der Waals surface area contributed by atoms with Gasteiger partial charge in [-0.25, -0.2) is 13.4 Å². The van der Waals surface area contributed by atoms with Gasteiger partial charge in [0.25, 0.3) is 0 Å². The van der Waals surface area contributed by atoms with E-state index in [0.29, 0.717) is 38.0 Å². The van der Waals surface area contributed by atoms with Crippen molar-refractivity contribution in [3.63, 3.8) is 0 Å². The predicted molar refractivity (Wildman–Crippen MR) is 128 cm³/mol. The first-order chi connectivity index (χ1) is 15.2. The highest BCUT2D eigenvalue weighted by atomic mass is 32.2. The lowest BCUT2D eigenvalue weighted by atomic mass is 10.1. The van der Waals surface area contributed by atoms with Crippen LogP contribution in [0.5, 0.6) is 0 Å². The van der Waals surface area contributed by atoms with Gasteiger partial charge in [0.15, 0.2) is 0 Å². The molecule has 0 saturated carbocycles. The van der Waals surface area contributed by atoms with Gasteiger partial charge in [0.05, 0.1) is 15.9 Å². The molecule has 1 N–H and O–H groups in total.